The minimum atomic E-state index is -0.124. The van der Waals surface area contributed by atoms with Crippen molar-refractivity contribution in [2.45, 2.75) is 71.9 Å². The molecule has 0 aliphatic rings. The average Bonchev–Trinajstić information content (AvgIpc) is 2.49. The molecule has 0 aliphatic heterocycles. The van der Waals surface area contributed by atoms with E-state index >= 15 is 0 Å². The first kappa shape index (κ1) is 18.0. The Morgan fingerprint density at radius 3 is 2.48 bits per heavy atom. The van der Waals surface area contributed by atoms with Gasteiger partial charge in [0.15, 0.2) is 0 Å². The van der Waals surface area contributed by atoms with Crippen LogP contribution >= 0.6 is 0 Å². The van der Waals surface area contributed by atoms with Gasteiger partial charge < -0.3 is 10.6 Å². The van der Waals surface area contributed by atoms with Crippen molar-refractivity contribution in [1.29, 1.82) is 0 Å². The minimum Gasteiger partial charge on any atom is -0.369 e. The Morgan fingerprint density at radius 2 is 1.90 bits per heavy atom. The molecule has 0 saturated heterocycles. The summed E-state index contributed by atoms with van der Waals surface area (Å²) in [4.78, 5) is 2.35. The molecule has 1 rings (SSSR count). The Kier molecular flexibility index (Phi) is 7.73. The van der Waals surface area contributed by atoms with Crippen LogP contribution < -0.4 is 10.6 Å². The van der Waals surface area contributed by atoms with Gasteiger partial charge >= 0.3 is 0 Å². The number of nitrogens with zero attached hydrogens (tertiary/aromatic N) is 1. The lowest BCUT2D eigenvalue weighted by Crippen LogP contribution is -2.35. The quantitative estimate of drug-likeness (QED) is 0.726. The fourth-order valence-corrected chi connectivity index (χ4v) is 2.55. The second-order valence-corrected chi connectivity index (χ2v) is 5.91. The van der Waals surface area contributed by atoms with Gasteiger partial charge in [-0.2, -0.15) is 0 Å². The molecule has 2 unspecified atom stereocenters. The van der Waals surface area contributed by atoms with Crippen molar-refractivity contribution in [2.24, 2.45) is 5.73 Å². The standard InChI is InChI=1S/C18H31FN2/c1-5-8-12-21(14(4)6-2)18-11-9-10-17(19)16(18)13-15(20)7-3/h9-11,14-15H,5-8,12-13,20H2,1-4H3. The number of hydrogen-bond acceptors (Lipinski definition) is 2. The van der Waals surface area contributed by atoms with Crippen LogP contribution in [0.4, 0.5) is 10.1 Å². The Balaban J connectivity index is 3.13. The van der Waals surface area contributed by atoms with Crippen molar-refractivity contribution in [1.82, 2.24) is 0 Å². The predicted molar refractivity (Wildman–Crippen MR) is 90.4 cm³/mol. The van der Waals surface area contributed by atoms with E-state index in [-0.39, 0.29) is 11.9 Å². The highest BCUT2D eigenvalue weighted by Gasteiger charge is 2.19. The number of nitrogens with two attached hydrogens (primary N) is 1. The van der Waals surface area contributed by atoms with Gasteiger partial charge in [0.2, 0.25) is 0 Å². The summed E-state index contributed by atoms with van der Waals surface area (Å²) in [5.74, 6) is -0.124. The third-order valence-corrected chi connectivity index (χ3v) is 4.27. The molecule has 0 amide bonds. The lowest BCUT2D eigenvalue weighted by atomic mass is 10.00. The number of benzene rings is 1. The SMILES string of the molecule is CCCCN(c1cccc(F)c1CC(N)CC)C(C)CC. The number of hydrogen-bond donors (Lipinski definition) is 1. The third kappa shape index (κ3) is 4.99. The van der Waals surface area contributed by atoms with Gasteiger partial charge in [0, 0.05) is 29.9 Å². The highest BCUT2D eigenvalue weighted by molar-refractivity contribution is 5.55. The van der Waals surface area contributed by atoms with Crippen molar-refractivity contribution in [3.05, 3.63) is 29.6 Å². The monoisotopic (exact) mass is 294 g/mol. The maximum atomic E-state index is 14.3. The number of anilines is 1. The second-order valence-electron chi connectivity index (χ2n) is 5.91. The molecule has 0 fully saturated rings. The lowest BCUT2D eigenvalue weighted by Gasteiger charge is -2.33. The molecule has 2 N–H and O–H groups in total. The van der Waals surface area contributed by atoms with Crippen LogP contribution in [0.1, 0.15) is 58.9 Å². The molecule has 0 bridgehead atoms. The van der Waals surface area contributed by atoms with Gasteiger partial charge in [-0.1, -0.05) is 33.3 Å². The van der Waals surface area contributed by atoms with Crippen LogP contribution in [0, 0.1) is 5.82 Å². The van der Waals surface area contributed by atoms with Gasteiger partial charge in [0.05, 0.1) is 0 Å². The van der Waals surface area contributed by atoms with Crippen LogP contribution in [-0.4, -0.2) is 18.6 Å². The second kappa shape index (κ2) is 9.04. The van der Waals surface area contributed by atoms with Gasteiger partial charge in [0.1, 0.15) is 5.82 Å². The van der Waals surface area contributed by atoms with Gasteiger partial charge in [-0.3, -0.25) is 0 Å². The Labute approximate surface area is 129 Å². The van der Waals surface area contributed by atoms with Crippen LogP contribution in [-0.2, 0) is 6.42 Å². The van der Waals surface area contributed by atoms with Crippen molar-refractivity contribution >= 4 is 5.69 Å². The maximum absolute atomic E-state index is 14.3. The summed E-state index contributed by atoms with van der Waals surface area (Å²) in [5, 5.41) is 0. The van der Waals surface area contributed by atoms with E-state index in [1.54, 1.807) is 6.07 Å². The van der Waals surface area contributed by atoms with E-state index in [1.807, 2.05) is 12.1 Å². The summed E-state index contributed by atoms with van der Waals surface area (Å²) in [6.07, 6.45) is 4.80. The van der Waals surface area contributed by atoms with E-state index in [9.17, 15) is 4.39 Å². The first-order chi connectivity index (χ1) is 10.0. The van der Waals surface area contributed by atoms with Crippen LogP contribution in [0.5, 0.6) is 0 Å². The van der Waals surface area contributed by atoms with Crippen LogP contribution in [0.2, 0.25) is 0 Å². The first-order valence-electron chi connectivity index (χ1n) is 8.34. The molecular weight excluding hydrogens is 263 g/mol. The molecule has 0 radical (unpaired) electrons. The zero-order valence-corrected chi connectivity index (χ0v) is 14.0. The molecule has 21 heavy (non-hydrogen) atoms. The van der Waals surface area contributed by atoms with E-state index in [1.165, 1.54) is 0 Å². The lowest BCUT2D eigenvalue weighted by molar-refractivity contribution is 0.561. The van der Waals surface area contributed by atoms with E-state index < -0.39 is 0 Å². The molecule has 2 atom stereocenters. The minimum absolute atomic E-state index is 0.0191. The fraction of sp³-hybridized carbons (Fsp3) is 0.667. The molecule has 0 saturated carbocycles. The Morgan fingerprint density at radius 1 is 1.19 bits per heavy atom. The maximum Gasteiger partial charge on any atom is 0.128 e. The molecular formula is C18H31FN2. The zero-order valence-electron chi connectivity index (χ0n) is 14.0. The van der Waals surface area contributed by atoms with E-state index in [0.29, 0.717) is 12.5 Å². The first-order valence-corrected chi connectivity index (χ1v) is 8.34. The van der Waals surface area contributed by atoms with Crippen molar-refractivity contribution < 1.29 is 4.39 Å². The summed E-state index contributed by atoms with van der Waals surface area (Å²) in [6.45, 7) is 9.61. The highest BCUT2D eigenvalue weighted by atomic mass is 19.1. The van der Waals surface area contributed by atoms with E-state index in [2.05, 4.69) is 32.6 Å². The zero-order chi connectivity index (χ0) is 15.8. The summed E-state index contributed by atoms with van der Waals surface area (Å²) < 4.78 is 14.3. The molecule has 0 aromatic heterocycles. The van der Waals surface area contributed by atoms with Gasteiger partial charge in [-0.05, 0) is 44.7 Å². The number of halogens is 1. The van der Waals surface area contributed by atoms with Crippen molar-refractivity contribution in [3.63, 3.8) is 0 Å². The fourth-order valence-electron chi connectivity index (χ4n) is 2.55. The molecule has 0 aliphatic carbocycles. The van der Waals surface area contributed by atoms with Crippen LogP contribution in [0.3, 0.4) is 0 Å². The number of unbranched alkanes of at least 4 members (excludes halogenated alkanes) is 1. The Bertz CT molecular complexity index is 420. The number of rotatable bonds is 9. The summed E-state index contributed by atoms with van der Waals surface area (Å²) >= 11 is 0. The van der Waals surface area contributed by atoms with E-state index in [4.69, 9.17) is 5.73 Å². The Hall–Kier alpha value is -1.09. The molecule has 1 aromatic carbocycles. The summed E-state index contributed by atoms with van der Waals surface area (Å²) in [6, 6.07) is 5.84. The normalized spacial score (nSPS) is 14.0. The molecule has 3 heteroatoms. The van der Waals surface area contributed by atoms with Crippen LogP contribution in [0.15, 0.2) is 18.2 Å². The summed E-state index contributed by atoms with van der Waals surface area (Å²) in [5.41, 5.74) is 7.88. The topological polar surface area (TPSA) is 29.3 Å². The highest BCUT2D eigenvalue weighted by Crippen LogP contribution is 2.27. The molecule has 2 nitrogen and oxygen atoms in total. The largest absolute Gasteiger partial charge is 0.369 e. The smallest absolute Gasteiger partial charge is 0.128 e. The van der Waals surface area contributed by atoms with E-state index in [0.717, 1.165) is 43.5 Å². The van der Waals surface area contributed by atoms with Gasteiger partial charge in [-0.15, -0.1) is 0 Å². The molecule has 0 heterocycles. The molecule has 0 spiro atoms. The van der Waals surface area contributed by atoms with Crippen LogP contribution in [0.25, 0.3) is 0 Å². The van der Waals surface area contributed by atoms with Crippen molar-refractivity contribution in [3.8, 4) is 0 Å². The molecule has 120 valence electrons. The summed E-state index contributed by atoms with van der Waals surface area (Å²) in [7, 11) is 0. The molecule has 1 aromatic rings. The predicted octanol–water partition coefficient (Wildman–Crippen LogP) is 4.51. The van der Waals surface area contributed by atoms with Gasteiger partial charge in [0.25, 0.3) is 0 Å². The van der Waals surface area contributed by atoms with Gasteiger partial charge in [-0.25, -0.2) is 4.39 Å². The third-order valence-electron chi connectivity index (χ3n) is 4.27. The van der Waals surface area contributed by atoms with Crippen molar-refractivity contribution in [2.75, 3.05) is 11.4 Å². The average molecular weight is 294 g/mol.